The van der Waals surface area contributed by atoms with Crippen LogP contribution in [0, 0.1) is 6.92 Å². The number of thiophene rings is 1. The molecule has 0 aromatic carbocycles. The highest BCUT2D eigenvalue weighted by Gasteiger charge is 2.14. The van der Waals surface area contributed by atoms with Crippen LogP contribution in [0.4, 0.5) is 5.95 Å². The molecule has 19 heavy (non-hydrogen) atoms. The van der Waals surface area contributed by atoms with Gasteiger partial charge in [-0.15, -0.1) is 21.5 Å². The first-order valence-electron chi connectivity index (χ1n) is 5.69. The van der Waals surface area contributed by atoms with E-state index in [-0.39, 0.29) is 5.95 Å². The number of anilines is 1. The largest absolute Gasteiger partial charge is 0.416 e. The quantitative estimate of drug-likeness (QED) is 0.742. The Labute approximate surface area is 117 Å². The summed E-state index contributed by atoms with van der Waals surface area (Å²) in [6, 6.07) is 2.09. The van der Waals surface area contributed by atoms with Gasteiger partial charge < -0.3 is 10.2 Å². The van der Waals surface area contributed by atoms with Crippen LogP contribution in [0.1, 0.15) is 17.7 Å². The van der Waals surface area contributed by atoms with Crippen LogP contribution in [0.15, 0.2) is 20.7 Å². The number of rotatable bonds is 3. The third-order valence-corrected chi connectivity index (χ3v) is 4.48. The molecular weight excluding hydrogens is 282 g/mol. The number of nitrogen functional groups attached to an aromatic ring is 1. The Morgan fingerprint density at radius 2 is 2.21 bits per heavy atom. The summed E-state index contributed by atoms with van der Waals surface area (Å²) in [5.74, 6) is 0.788. The Morgan fingerprint density at radius 3 is 2.89 bits per heavy atom. The average Bonchev–Trinajstić information content (AvgIpc) is 2.95. The summed E-state index contributed by atoms with van der Waals surface area (Å²) in [7, 11) is 0. The van der Waals surface area contributed by atoms with Gasteiger partial charge >= 0.3 is 0 Å². The SMILES string of the molecule is CCc1cc2c(Sc3nnc(C)o3)nc(N)nc2s1. The zero-order valence-electron chi connectivity index (χ0n) is 10.4. The summed E-state index contributed by atoms with van der Waals surface area (Å²) in [5.41, 5.74) is 5.74. The topological polar surface area (TPSA) is 90.7 Å². The standard InChI is InChI=1S/C11H11N5OS2/c1-3-6-4-7-8(18-6)13-10(12)14-9(7)19-11-16-15-5(2)17-11/h4H,3H2,1-2H3,(H2,12,13,14). The highest BCUT2D eigenvalue weighted by molar-refractivity contribution is 7.99. The van der Waals surface area contributed by atoms with Crippen LogP contribution in [-0.4, -0.2) is 20.2 Å². The zero-order chi connectivity index (χ0) is 13.4. The molecule has 0 bridgehead atoms. The Bertz CT molecular complexity index is 736. The van der Waals surface area contributed by atoms with Gasteiger partial charge in [-0.25, -0.2) is 9.97 Å². The summed E-state index contributed by atoms with van der Waals surface area (Å²) >= 11 is 2.94. The van der Waals surface area contributed by atoms with Crippen LogP contribution in [0.5, 0.6) is 0 Å². The Morgan fingerprint density at radius 1 is 1.37 bits per heavy atom. The van der Waals surface area contributed by atoms with E-state index >= 15 is 0 Å². The van der Waals surface area contributed by atoms with E-state index in [1.807, 2.05) is 0 Å². The van der Waals surface area contributed by atoms with Crippen molar-refractivity contribution in [1.29, 1.82) is 0 Å². The molecule has 0 aliphatic heterocycles. The highest BCUT2D eigenvalue weighted by Crippen LogP contribution is 2.35. The van der Waals surface area contributed by atoms with Crippen LogP contribution < -0.4 is 5.73 Å². The van der Waals surface area contributed by atoms with Gasteiger partial charge in [0, 0.05) is 17.2 Å². The van der Waals surface area contributed by atoms with Crippen molar-refractivity contribution in [1.82, 2.24) is 20.2 Å². The molecule has 0 saturated carbocycles. The number of aromatic nitrogens is 4. The van der Waals surface area contributed by atoms with Gasteiger partial charge in [-0.3, -0.25) is 0 Å². The molecule has 0 aliphatic rings. The molecule has 3 aromatic rings. The first-order valence-corrected chi connectivity index (χ1v) is 7.33. The molecule has 98 valence electrons. The maximum absolute atomic E-state index is 5.74. The number of hydrogen-bond acceptors (Lipinski definition) is 8. The predicted molar refractivity (Wildman–Crippen MR) is 74.4 cm³/mol. The number of nitrogens with two attached hydrogens (primary N) is 1. The number of nitrogens with zero attached hydrogens (tertiary/aromatic N) is 4. The smallest absolute Gasteiger partial charge is 0.282 e. The van der Waals surface area contributed by atoms with E-state index in [0.717, 1.165) is 21.7 Å². The minimum atomic E-state index is 0.260. The average molecular weight is 293 g/mol. The van der Waals surface area contributed by atoms with Gasteiger partial charge in [0.05, 0.1) is 0 Å². The van der Waals surface area contributed by atoms with Crippen molar-refractivity contribution in [3.63, 3.8) is 0 Å². The Kier molecular flexibility index (Phi) is 3.11. The first kappa shape index (κ1) is 12.4. The van der Waals surface area contributed by atoms with Crippen molar-refractivity contribution in [2.24, 2.45) is 0 Å². The second kappa shape index (κ2) is 4.78. The van der Waals surface area contributed by atoms with Crippen molar-refractivity contribution in [3.8, 4) is 0 Å². The molecule has 2 N–H and O–H groups in total. The third kappa shape index (κ3) is 2.41. The molecule has 6 nitrogen and oxygen atoms in total. The van der Waals surface area contributed by atoms with E-state index in [0.29, 0.717) is 11.1 Å². The van der Waals surface area contributed by atoms with Crippen molar-refractivity contribution in [3.05, 3.63) is 16.8 Å². The molecule has 0 radical (unpaired) electrons. The second-order valence-corrected chi connectivity index (χ2v) is 5.92. The molecule has 3 aromatic heterocycles. The lowest BCUT2D eigenvalue weighted by Crippen LogP contribution is -1.95. The fourth-order valence-corrected chi connectivity index (χ4v) is 3.47. The fourth-order valence-electron chi connectivity index (χ4n) is 1.62. The first-order chi connectivity index (χ1) is 9.15. The van der Waals surface area contributed by atoms with Crippen molar-refractivity contribution >= 4 is 39.3 Å². The van der Waals surface area contributed by atoms with Gasteiger partial charge in [0.1, 0.15) is 9.86 Å². The van der Waals surface area contributed by atoms with Crippen LogP contribution in [0.25, 0.3) is 10.2 Å². The molecule has 3 rings (SSSR count). The summed E-state index contributed by atoms with van der Waals surface area (Å²) in [5, 5.41) is 9.94. The predicted octanol–water partition coefficient (Wildman–Crippen LogP) is 2.68. The maximum atomic E-state index is 5.74. The number of aryl methyl sites for hydroxylation is 2. The van der Waals surface area contributed by atoms with Gasteiger partial charge in [-0.2, -0.15) is 0 Å². The van der Waals surface area contributed by atoms with Gasteiger partial charge in [-0.1, -0.05) is 6.92 Å². The minimum absolute atomic E-state index is 0.260. The van der Waals surface area contributed by atoms with Crippen molar-refractivity contribution in [2.45, 2.75) is 30.5 Å². The molecular formula is C11H11N5OS2. The van der Waals surface area contributed by atoms with Gasteiger partial charge in [0.2, 0.25) is 11.8 Å². The number of hydrogen-bond donors (Lipinski definition) is 1. The summed E-state index contributed by atoms with van der Waals surface area (Å²) in [4.78, 5) is 10.7. The van der Waals surface area contributed by atoms with E-state index in [1.54, 1.807) is 18.3 Å². The van der Waals surface area contributed by atoms with E-state index < -0.39 is 0 Å². The van der Waals surface area contributed by atoms with Crippen molar-refractivity contribution in [2.75, 3.05) is 5.73 Å². The Hall–Kier alpha value is -1.67. The lowest BCUT2D eigenvalue weighted by Gasteiger charge is -1.99. The lowest BCUT2D eigenvalue weighted by molar-refractivity contribution is 0.429. The highest BCUT2D eigenvalue weighted by atomic mass is 32.2. The van der Waals surface area contributed by atoms with Gasteiger partial charge in [0.25, 0.3) is 5.22 Å². The van der Waals surface area contributed by atoms with E-state index in [1.165, 1.54) is 16.6 Å². The van der Waals surface area contributed by atoms with E-state index in [4.69, 9.17) is 10.2 Å². The zero-order valence-corrected chi connectivity index (χ0v) is 12.0. The van der Waals surface area contributed by atoms with Crippen LogP contribution in [-0.2, 0) is 6.42 Å². The Balaban J connectivity index is 2.08. The monoisotopic (exact) mass is 293 g/mol. The van der Waals surface area contributed by atoms with Gasteiger partial charge in [-0.05, 0) is 24.2 Å². The fraction of sp³-hybridized carbons (Fsp3) is 0.273. The molecule has 0 amide bonds. The molecule has 0 fully saturated rings. The van der Waals surface area contributed by atoms with Crippen LogP contribution in [0.2, 0.25) is 0 Å². The molecule has 0 saturated heterocycles. The van der Waals surface area contributed by atoms with Gasteiger partial charge in [0.15, 0.2) is 0 Å². The van der Waals surface area contributed by atoms with E-state index in [2.05, 4.69) is 33.2 Å². The minimum Gasteiger partial charge on any atom is -0.416 e. The summed E-state index contributed by atoms with van der Waals surface area (Å²) in [6.07, 6.45) is 0.963. The molecule has 3 heterocycles. The number of fused-ring (bicyclic) bond motifs is 1. The third-order valence-electron chi connectivity index (χ3n) is 2.47. The molecule has 8 heteroatoms. The molecule has 0 aliphatic carbocycles. The molecule has 0 spiro atoms. The normalized spacial score (nSPS) is 11.3. The lowest BCUT2D eigenvalue weighted by atomic mass is 10.3. The molecule has 0 unspecified atom stereocenters. The maximum Gasteiger partial charge on any atom is 0.282 e. The summed E-state index contributed by atoms with van der Waals surface area (Å²) < 4.78 is 5.35. The van der Waals surface area contributed by atoms with E-state index in [9.17, 15) is 0 Å². The summed E-state index contributed by atoms with van der Waals surface area (Å²) in [6.45, 7) is 3.86. The molecule has 0 atom stereocenters. The van der Waals surface area contributed by atoms with Crippen LogP contribution in [0.3, 0.4) is 0 Å². The second-order valence-electron chi connectivity index (χ2n) is 3.86. The van der Waals surface area contributed by atoms with Crippen LogP contribution >= 0.6 is 23.1 Å². The van der Waals surface area contributed by atoms with Crippen molar-refractivity contribution < 1.29 is 4.42 Å².